The molecule has 0 fully saturated rings. The van der Waals surface area contributed by atoms with Crippen LogP contribution in [0.5, 0.6) is 0 Å². The zero-order chi connectivity index (χ0) is 12.2. The van der Waals surface area contributed by atoms with Gasteiger partial charge in [-0.15, -0.1) is 0 Å². The van der Waals surface area contributed by atoms with E-state index in [4.69, 9.17) is 0 Å². The fraction of sp³-hybridized carbons (Fsp3) is 0.923. The topological polar surface area (TPSA) is 29.1 Å². The number of rotatable bonds is 4. The molecule has 90 valence electrons. The van der Waals surface area contributed by atoms with E-state index in [-0.39, 0.29) is 17.2 Å². The molecule has 0 saturated carbocycles. The molecule has 0 aromatic rings. The van der Waals surface area contributed by atoms with Crippen LogP contribution in [0.1, 0.15) is 48.5 Å². The summed E-state index contributed by atoms with van der Waals surface area (Å²) in [7, 11) is 0. The van der Waals surface area contributed by atoms with E-state index in [1.54, 1.807) is 0 Å². The van der Waals surface area contributed by atoms with Crippen molar-refractivity contribution in [3.8, 4) is 0 Å². The molecule has 0 heterocycles. The van der Waals surface area contributed by atoms with Crippen LogP contribution in [0.3, 0.4) is 0 Å². The summed E-state index contributed by atoms with van der Waals surface area (Å²) in [5.41, 5.74) is 0.0369. The fourth-order valence-electron chi connectivity index (χ4n) is 2.11. The molecule has 0 aliphatic heterocycles. The molecule has 1 unspecified atom stereocenters. The van der Waals surface area contributed by atoms with Gasteiger partial charge in [-0.05, 0) is 17.3 Å². The first-order chi connectivity index (χ1) is 6.66. The van der Waals surface area contributed by atoms with E-state index in [0.717, 1.165) is 6.54 Å². The minimum Gasteiger partial charge on any atom is -0.356 e. The van der Waals surface area contributed by atoms with Crippen molar-refractivity contribution < 1.29 is 4.79 Å². The second kappa shape index (κ2) is 5.53. The number of hydrogen-bond acceptors (Lipinski definition) is 1. The van der Waals surface area contributed by atoms with Gasteiger partial charge in [0.25, 0.3) is 0 Å². The number of carbonyl (C=O) groups is 1. The molecule has 0 spiro atoms. The van der Waals surface area contributed by atoms with Crippen LogP contribution in [-0.4, -0.2) is 12.5 Å². The molecule has 0 aromatic heterocycles. The average molecular weight is 213 g/mol. The quantitative estimate of drug-likeness (QED) is 0.764. The third-order valence-electron chi connectivity index (χ3n) is 2.57. The number of nitrogens with one attached hydrogen (secondary N) is 1. The van der Waals surface area contributed by atoms with Crippen molar-refractivity contribution in [3.63, 3.8) is 0 Å². The Morgan fingerprint density at radius 1 is 1.13 bits per heavy atom. The molecule has 0 aliphatic rings. The van der Waals surface area contributed by atoms with Crippen LogP contribution in [0.15, 0.2) is 0 Å². The predicted molar refractivity (Wildman–Crippen MR) is 65.6 cm³/mol. The molecule has 1 atom stereocenters. The highest BCUT2D eigenvalue weighted by Crippen LogP contribution is 2.32. The molecule has 0 saturated heterocycles. The van der Waals surface area contributed by atoms with E-state index >= 15 is 0 Å². The Bertz CT molecular complexity index is 201. The Morgan fingerprint density at radius 2 is 1.60 bits per heavy atom. The van der Waals surface area contributed by atoms with Gasteiger partial charge in [-0.25, -0.2) is 0 Å². The monoisotopic (exact) mass is 213 g/mol. The summed E-state index contributed by atoms with van der Waals surface area (Å²) >= 11 is 0. The average Bonchev–Trinajstić information content (AvgIpc) is 1.96. The van der Waals surface area contributed by atoms with Gasteiger partial charge in [0.2, 0.25) is 5.91 Å². The van der Waals surface area contributed by atoms with Crippen molar-refractivity contribution in [3.05, 3.63) is 0 Å². The molecule has 0 rings (SSSR count). The summed E-state index contributed by atoms with van der Waals surface area (Å²) in [5.74, 6) is 1.20. The van der Waals surface area contributed by atoms with Crippen molar-refractivity contribution >= 4 is 5.91 Å². The maximum absolute atomic E-state index is 12.0. The highest BCUT2D eigenvalue weighted by Gasteiger charge is 2.33. The highest BCUT2D eigenvalue weighted by atomic mass is 16.1. The Morgan fingerprint density at radius 3 is 1.87 bits per heavy atom. The molecule has 0 bridgehead atoms. The van der Waals surface area contributed by atoms with E-state index in [9.17, 15) is 4.79 Å². The molecule has 1 N–H and O–H groups in total. The molecular formula is C13H27NO. The van der Waals surface area contributed by atoms with Gasteiger partial charge in [-0.3, -0.25) is 4.79 Å². The smallest absolute Gasteiger partial charge is 0.223 e. The first-order valence-electron chi connectivity index (χ1n) is 5.94. The van der Waals surface area contributed by atoms with Crippen LogP contribution in [-0.2, 0) is 4.79 Å². The van der Waals surface area contributed by atoms with E-state index in [0.29, 0.717) is 11.8 Å². The third kappa shape index (κ3) is 5.19. The van der Waals surface area contributed by atoms with Crippen LogP contribution in [0.25, 0.3) is 0 Å². The molecule has 0 aromatic carbocycles. The van der Waals surface area contributed by atoms with Crippen LogP contribution in [0.4, 0.5) is 0 Å². The molecule has 2 heteroatoms. The summed E-state index contributed by atoms with van der Waals surface area (Å²) in [6.45, 7) is 15.6. The predicted octanol–water partition coefficient (Wildman–Crippen LogP) is 3.08. The number of carbonyl (C=O) groups excluding carboxylic acids is 1. The third-order valence-corrected chi connectivity index (χ3v) is 2.57. The lowest BCUT2D eigenvalue weighted by atomic mass is 9.74. The number of hydrogen-bond donors (Lipinski definition) is 1. The SMILES string of the molecule is CC(C)CNC(=O)C(C(C)C)C(C)(C)C. The molecular weight excluding hydrogens is 186 g/mol. The lowest BCUT2D eigenvalue weighted by molar-refractivity contribution is -0.130. The zero-order valence-electron chi connectivity index (χ0n) is 11.3. The normalized spacial score (nSPS) is 14.5. The van der Waals surface area contributed by atoms with Gasteiger partial charge in [0.15, 0.2) is 0 Å². The lowest BCUT2D eigenvalue weighted by Crippen LogP contribution is -2.42. The van der Waals surface area contributed by atoms with Crippen LogP contribution < -0.4 is 5.32 Å². The van der Waals surface area contributed by atoms with Crippen LogP contribution in [0, 0.1) is 23.2 Å². The second-order valence-corrected chi connectivity index (χ2v) is 6.23. The summed E-state index contributed by atoms with van der Waals surface area (Å²) in [6.07, 6.45) is 0. The van der Waals surface area contributed by atoms with E-state index in [1.165, 1.54) is 0 Å². The first-order valence-corrected chi connectivity index (χ1v) is 5.94. The van der Waals surface area contributed by atoms with Gasteiger partial charge >= 0.3 is 0 Å². The van der Waals surface area contributed by atoms with Crippen molar-refractivity contribution in [1.82, 2.24) is 5.32 Å². The van der Waals surface area contributed by atoms with E-state index < -0.39 is 0 Å². The first kappa shape index (κ1) is 14.5. The molecule has 0 radical (unpaired) electrons. The van der Waals surface area contributed by atoms with Gasteiger partial charge in [0.1, 0.15) is 0 Å². The largest absolute Gasteiger partial charge is 0.356 e. The molecule has 15 heavy (non-hydrogen) atoms. The van der Waals surface area contributed by atoms with E-state index in [1.807, 2.05) is 0 Å². The van der Waals surface area contributed by atoms with Crippen molar-refractivity contribution in [2.45, 2.75) is 48.5 Å². The Hall–Kier alpha value is -0.530. The minimum atomic E-state index is 0.0369. The molecule has 2 nitrogen and oxygen atoms in total. The summed E-state index contributed by atoms with van der Waals surface area (Å²) in [5, 5.41) is 3.03. The maximum Gasteiger partial charge on any atom is 0.223 e. The summed E-state index contributed by atoms with van der Waals surface area (Å²) in [4.78, 5) is 12.0. The standard InChI is InChI=1S/C13H27NO/c1-9(2)8-14-12(15)11(10(3)4)13(5,6)7/h9-11H,8H2,1-7H3,(H,14,15). The van der Waals surface area contributed by atoms with Gasteiger partial charge in [-0.2, -0.15) is 0 Å². The van der Waals surface area contributed by atoms with Gasteiger partial charge in [0.05, 0.1) is 0 Å². The lowest BCUT2D eigenvalue weighted by Gasteiger charge is -2.32. The number of amides is 1. The molecule has 1 amide bonds. The maximum atomic E-state index is 12.0. The van der Waals surface area contributed by atoms with Crippen molar-refractivity contribution in [1.29, 1.82) is 0 Å². The van der Waals surface area contributed by atoms with Gasteiger partial charge in [-0.1, -0.05) is 48.5 Å². The van der Waals surface area contributed by atoms with Gasteiger partial charge < -0.3 is 5.32 Å². The molecule has 0 aliphatic carbocycles. The zero-order valence-corrected chi connectivity index (χ0v) is 11.3. The van der Waals surface area contributed by atoms with Gasteiger partial charge in [0, 0.05) is 12.5 Å². The van der Waals surface area contributed by atoms with Crippen molar-refractivity contribution in [2.24, 2.45) is 23.2 Å². The Kier molecular flexibility index (Phi) is 5.33. The Balaban J connectivity index is 4.45. The van der Waals surface area contributed by atoms with Crippen LogP contribution in [0.2, 0.25) is 0 Å². The highest BCUT2D eigenvalue weighted by molar-refractivity contribution is 5.79. The Labute approximate surface area is 94.8 Å². The van der Waals surface area contributed by atoms with Crippen LogP contribution >= 0.6 is 0 Å². The summed E-state index contributed by atoms with van der Waals surface area (Å²) < 4.78 is 0. The fourth-order valence-corrected chi connectivity index (χ4v) is 2.11. The summed E-state index contributed by atoms with van der Waals surface area (Å²) in [6, 6.07) is 0. The van der Waals surface area contributed by atoms with E-state index in [2.05, 4.69) is 53.8 Å². The second-order valence-electron chi connectivity index (χ2n) is 6.23. The van der Waals surface area contributed by atoms with Crippen molar-refractivity contribution in [2.75, 3.05) is 6.54 Å². The minimum absolute atomic E-state index is 0.0369.